The lowest BCUT2D eigenvalue weighted by molar-refractivity contribution is 0.244. The molecule has 2 nitrogen and oxygen atoms in total. The minimum atomic E-state index is -0.508. The van der Waals surface area contributed by atoms with Crippen LogP contribution in [0.3, 0.4) is 0 Å². The molecule has 1 atom stereocenters. The summed E-state index contributed by atoms with van der Waals surface area (Å²) in [5.41, 5.74) is 2.20. The van der Waals surface area contributed by atoms with E-state index in [1.165, 1.54) is 0 Å². The van der Waals surface area contributed by atoms with Gasteiger partial charge < -0.3 is 10.2 Å². The van der Waals surface area contributed by atoms with Crippen molar-refractivity contribution in [3.63, 3.8) is 0 Å². The molecule has 0 aliphatic heterocycles. The molecule has 0 aromatic heterocycles. The third-order valence-electron chi connectivity index (χ3n) is 2.39. The molecule has 0 saturated carbocycles. The molecule has 0 aliphatic carbocycles. The van der Waals surface area contributed by atoms with E-state index in [4.69, 9.17) is 0 Å². The second-order valence-corrected chi connectivity index (χ2v) is 3.99. The Bertz CT molecular complexity index is 494. The largest absolute Gasteiger partial charge is 0.507 e. The first-order valence-electron chi connectivity index (χ1n) is 5.72. The molecule has 1 unspecified atom stereocenters. The van der Waals surface area contributed by atoms with Gasteiger partial charge in [0.25, 0.3) is 0 Å². The van der Waals surface area contributed by atoms with Crippen molar-refractivity contribution in [2.75, 3.05) is 0 Å². The van der Waals surface area contributed by atoms with Crippen LogP contribution >= 0.6 is 0 Å². The molecule has 2 N–H and O–H groups in total. The van der Waals surface area contributed by atoms with Crippen LogP contribution in [-0.2, 0) is 0 Å². The SMILES string of the molecule is C=CC(/C=C\C(C)O)=C/C(=C)c1ccccc1O. The summed E-state index contributed by atoms with van der Waals surface area (Å²) in [6, 6.07) is 7.02. The van der Waals surface area contributed by atoms with E-state index in [1.807, 2.05) is 6.07 Å². The maximum atomic E-state index is 9.71. The summed E-state index contributed by atoms with van der Waals surface area (Å²) in [4.78, 5) is 0. The number of aliphatic hydroxyl groups is 1. The van der Waals surface area contributed by atoms with Gasteiger partial charge in [-0.15, -0.1) is 0 Å². The van der Waals surface area contributed by atoms with Gasteiger partial charge >= 0.3 is 0 Å². The molecular formula is C16H18O2. The first kappa shape index (κ1) is 14.0. The van der Waals surface area contributed by atoms with Crippen LogP contribution in [-0.4, -0.2) is 16.3 Å². The van der Waals surface area contributed by atoms with Gasteiger partial charge in [-0.25, -0.2) is 0 Å². The van der Waals surface area contributed by atoms with Crippen LogP contribution in [0.1, 0.15) is 12.5 Å². The molecule has 1 aromatic rings. The lowest BCUT2D eigenvalue weighted by Gasteiger charge is -2.04. The van der Waals surface area contributed by atoms with Gasteiger partial charge in [-0.05, 0) is 30.2 Å². The summed E-state index contributed by atoms with van der Waals surface area (Å²) in [6.45, 7) is 9.30. The molecular weight excluding hydrogens is 224 g/mol. The molecule has 94 valence electrons. The van der Waals surface area contributed by atoms with Gasteiger partial charge in [0.1, 0.15) is 5.75 Å². The molecule has 1 aromatic carbocycles. The van der Waals surface area contributed by atoms with E-state index in [9.17, 15) is 10.2 Å². The standard InChI is InChI=1S/C16H18O2/c1-4-14(10-9-13(3)17)11-12(2)15-7-5-6-8-16(15)18/h4-11,13,17-18H,1-2H2,3H3/b10-9-,14-11-. The summed E-state index contributed by atoms with van der Waals surface area (Å²) in [6.07, 6.45) is 6.39. The van der Waals surface area contributed by atoms with Crippen LogP contribution in [0.2, 0.25) is 0 Å². The Morgan fingerprint density at radius 2 is 2.00 bits per heavy atom. The van der Waals surface area contributed by atoms with Crippen LogP contribution < -0.4 is 0 Å². The summed E-state index contributed by atoms with van der Waals surface area (Å²) >= 11 is 0. The van der Waals surface area contributed by atoms with Crippen LogP contribution in [0, 0.1) is 0 Å². The zero-order valence-corrected chi connectivity index (χ0v) is 10.5. The Hall–Kier alpha value is -2.06. The number of para-hydroxylation sites is 1. The maximum absolute atomic E-state index is 9.71. The van der Waals surface area contributed by atoms with Gasteiger partial charge in [0.2, 0.25) is 0 Å². The highest BCUT2D eigenvalue weighted by Gasteiger charge is 2.01. The van der Waals surface area contributed by atoms with Crippen molar-refractivity contribution in [3.8, 4) is 5.75 Å². The number of allylic oxidation sites excluding steroid dienone is 5. The van der Waals surface area contributed by atoms with Crippen molar-refractivity contribution in [3.05, 3.63) is 72.9 Å². The smallest absolute Gasteiger partial charge is 0.123 e. The number of benzene rings is 1. The van der Waals surface area contributed by atoms with Crippen LogP contribution in [0.4, 0.5) is 0 Å². The summed E-state index contributed by atoms with van der Waals surface area (Å²) in [7, 11) is 0. The van der Waals surface area contributed by atoms with E-state index in [1.54, 1.807) is 49.4 Å². The molecule has 0 fully saturated rings. The third kappa shape index (κ3) is 4.07. The van der Waals surface area contributed by atoms with Gasteiger partial charge in [-0.3, -0.25) is 0 Å². The molecule has 0 amide bonds. The monoisotopic (exact) mass is 242 g/mol. The van der Waals surface area contributed by atoms with E-state index < -0.39 is 6.10 Å². The van der Waals surface area contributed by atoms with Crippen molar-refractivity contribution in [1.29, 1.82) is 0 Å². The summed E-state index contributed by atoms with van der Waals surface area (Å²) in [5.74, 6) is 0.196. The number of hydrogen-bond donors (Lipinski definition) is 2. The minimum Gasteiger partial charge on any atom is -0.507 e. The Kier molecular flexibility index (Phi) is 5.15. The van der Waals surface area contributed by atoms with Gasteiger partial charge in [0, 0.05) is 5.56 Å². The quantitative estimate of drug-likeness (QED) is 0.776. The number of phenolic OH excluding ortho intramolecular Hbond substituents is 1. The lowest BCUT2D eigenvalue weighted by Crippen LogP contribution is -1.92. The highest BCUT2D eigenvalue weighted by Crippen LogP contribution is 2.25. The molecule has 0 heterocycles. The minimum absolute atomic E-state index is 0.196. The fraction of sp³-hybridized carbons (Fsp3) is 0.125. The van der Waals surface area contributed by atoms with Crippen molar-refractivity contribution in [1.82, 2.24) is 0 Å². The number of aliphatic hydroxyl groups excluding tert-OH is 1. The summed E-state index contributed by atoms with van der Waals surface area (Å²) < 4.78 is 0. The Morgan fingerprint density at radius 3 is 2.56 bits per heavy atom. The fourth-order valence-electron chi connectivity index (χ4n) is 1.45. The zero-order valence-electron chi connectivity index (χ0n) is 10.5. The molecule has 0 bridgehead atoms. The highest BCUT2D eigenvalue weighted by atomic mass is 16.3. The second kappa shape index (κ2) is 6.62. The van der Waals surface area contributed by atoms with Gasteiger partial charge in [-0.2, -0.15) is 0 Å². The molecule has 18 heavy (non-hydrogen) atoms. The second-order valence-electron chi connectivity index (χ2n) is 3.99. The average Bonchev–Trinajstić information content (AvgIpc) is 2.34. The van der Waals surface area contributed by atoms with E-state index in [0.717, 1.165) is 5.57 Å². The first-order valence-corrected chi connectivity index (χ1v) is 5.72. The Labute approximate surface area is 108 Å². The Balaban J connectivity index is 2.97. The molecule has 1 rings (SSSR count). The van der Waals surface area contributed by atoms with Gasteiger partial charge in [0.15, 0.2) is 0 Å². The molecule has 0 spiro atoms. The highest BCUT2D eigenvalue weighted by molar-refractivity contribution is 5.77. The van der Waals surface area contributed by atoms with Crippen molar-refractivity contribution >= 4 is 5.57 Å². The third-order valence-corrected chi connectivity index (χ3v) is 2.39. The van der Waals surface area contributed by atoms with E-state index in [0.29, 0.717) is 11.1 Å². The number of hydrogen-bond acceptors (Lipinski definition) is 2. The molecule has 0 saturated heterocycles. The Morgan fingerprint density at radius 1 is 1.33 bits per heavy atom. The van der Waals surface area contributed by atoms with Crippen molar-refractivity contribution < 1.29 is 10.2 Å². The molecule has 2 heteroatoms. The normalized spacial score (nSPS) is 13.6. The van der Waals surface area contributed by atoms with Crippen molar-refractivity contribution in [2.24, 2.45) is 0 Å². The molecule has 0 aliphatic rings. The summed E-state index contributed by atoms with van der Waals surface area (Å²) in [5, 5.41) is 18.9. The van der Waals surface area contributed by atoms with Crippen LogP contribution in [0.25, 0.3) is 5.57 Å². The predicted molar refractivity (Wildman–Crippen MR) is 76.2 cm³/mol. The molecule has 0 radical (unpaired) electrons. The van der Waals surface area contributed by atoms with Crippen LogP contribution in [0.5, 0.6) is 5.75 Å². The average molecular weight is 242 g/mol. The van der Waals surface area contributed by atoms with Gasteiger partial charge in [-0.1, -0.05) is 49.6 Å². The number of aromatic hydroxyl groups is 1. The van der Waals surface area contributed by atoms with Crippen LogP contribution in [0.15, 0.2) is 67.3 Å². The predicted octanol–water partition coefficient (Wildman–Crippen LogP) is 3.45. The fourth-order valence-corrected chi connectivity index (χ4v) is 1.45. The van der Waals surface area contributed by atoms with E-state index in [-0.39, 0.29) is 5.75 Å². The lowest BCUT2D eigenvalue weighted by atomic mass is 10.0. The topological polar surface area (TPSA) is 40.5 Å². The number of rotatable bonds is 5. The number of phenols is 1. The zero-order chi connectivity index (χ0) is 13.5. The van der Waals surface area contributed by atoms with E-state index in [2.05, 4.69) is 13.2 Å². The first-order chi connectivity index (χ1) is 8.54. The van der Waals surface area contributed by atoms with Gasteiger partial charge in [0.05, 0.1) is 6.10 Å². The van der Waals surface area contributed by atoms with Crippen molar-refractivity contribution in [2.45, 2.75) is 13.0 Å². The maximum Gasteiger partial charge on any atom is 0.123 e. The van der Waals surface area contributed by atoms with E-state index >= 15 is 0 Å².